The van der Waals surface area contributed by atoms with Crippen LogP contribution in [-0.2, 0) is 11.2 Å². The summed E-state index contributed by atoms with van der Waals surface area (Å²) in [6, 6.07) is 17.4. The zero-order valence-corrected chi connectivity index (χ0v) is 12.4. The summed E-state index contributed by atoms with van der Waals surface area (Å²) in [7, 11) is 0. The number of nitrogens with one attached hydrogen (secondary N) is 1. The first-order valence-electron chi connectivity index (χ1n) is 5.86. The first-order chi connectivity index (χ1) is 9.25. The lowest BCUT2D eigenvalue weighted by Gasteiger charge is -2.00. The average molecular weight is 364 g/mol. The smallest absolute Gasteiger partial charge is 0.244 e. The van der Waals surface area contributed by atoms with Gasteiger partial charge in [0.25, 0.3) is 0 Å². The number of hydrazone groups is 1. The fourth-order valence-electron chi connectivity index (χ4n) is 1.57. The van der Waals surface area contributed by atoms with Crippen molar-refractivity contribution in [2.75, 3.05) is 0 Å². The van der Waals surface area contributed by atoms with Crippen molar-refractivity contribution in [3.63, 3.8) is 0 Å². The molecule has 2 aromatic rings. The van der Waals surface area contributed by atoms with Crippen LogP contribution in [0.2, 0.25) is 0 Å². The quantitative estimate of drug-likeness (QED) is 0.506. The van der Waals surface area contributed by atoms with E-state index in [-0.39, 0.29) is 5.91 Å². The van der Waals surface area contributed by atoms with Gasteiger partial charge in [0.1, 0.15) is 0 Å². The molecule has 19 heavy (non-hydrogen) atoms. The Balaban J connectivity index is 1.89. The average Bonchev–Trinajstić information content (AvgIpc) is 2.42. The lowest BCUT2D eigenvalue weighted by atomic mass is 10.1. The lowest BCUT2D eigenvalue weighted by Crippen LogP contribution is -2.19. The van der Waals surface area contributed by atoms with Gasteiger partial charge in [-0.25, -0.2) is 5.43 Å². The van der Waals surface area contributed by atoms with E-state index in [1.54, 1.807) is 6.21 Å². The SMILES string of the molecule is O=C(Cc1ccccc1)N/N=C/c1ccccc1I. The molecule has 0 aliphatic heterocycles. The fourth-order valence-corrected chi connectivity index (χ4v) is 2.10. The van der Waals surface area contributed by atoms with E-state index in [9.17, 15) is 4.79 Å². The van der Waals surface area contributed by atoms with Crippen molar-refractivity contribution in [3.8, 4) is 0 Å². The molecule has 2 rings (SSSR count). The minimum atomic E-state index is -0.117. The lowest BCUT2D eigenvalue weighted by molar-refractivity contribution is -0.120. The van der Waals surface area contributed by atoms with Crippen LogP contribution >= 0.6 is 22.6 Å². The summed E-state index contributed by atoms with van der Waals surface area (Å²) in [4.78, 5) is 11.7. The number of hydrogen-bond acceptors (Lipinski definition) is 2. The molecule has 0 bridgehead atoms. The third-order valence-electron chi connectivity index (χ3n) is 2.51. The predicted molar refractivity (Wildman–Crippen MR) is 85.0 cm³/mol. The molecular weight excluding hydrogens is 351 g/mol. The van der Waals surface area contributed by atoms with E-state index in [0.29, 0.717) is 6.42 Å². The van der Waals surface area contributed by atoms with Crippen molar-refractivity contribution < 1.29 is 4.79 Å². The Morgan fingerprint density at radius 1 is 1.11 bits per heavy atom. The number of benzene rings is 2. The van der Waals surface area contributed by atoms with Crippen LogP contribution in [0, 0.1) is 3.57 Å². The van der Waals surface area contributed by atoms with Gasteiger partial charge in [-0.1, -0.05) is 48.5 Å². The number of hydrogen-bond donors (Lipinski definition) is 1. The molecule has 0 saturated heterocycles. The highest BCUT2D eigenvalue weighted by atomic mass is 127. The van der Waals surface area contributed by atoms with E-state index in [4.69, 9.17) is 0 Å². The molecule has 0 heterocycles. The number of halogens is 1. The molecular formula is C15H13IN2O. The number of carbonyl (C=O) groups excluding carboxylic acids is 1. The minimum Gasteiger partial charge on any atom is -0.273 e. The normalized spacial score (nSPS) is 10.6. The Hall–Kier alpha value is -1.69. The second-order valence-corrected chi connectivity index (χ2v) is 5.14. The number of carbonyl (C=O) groups is 1. The summed E-state index contributed by atoms with van der Waals surface area (Å²) < 4.78 is 1.10. The standard InChI is InChI=1S/C15H13IN2O/c16-14-9-5-4-8-13(14)11-17-18-15(19)10-12-6-2-1-3-7-12/h1-9,11H,10H2,(H,18,19)/b17-11+. The van der Waals surface area contributed by atoms with Gasteiger partial charge in [-0.15, -0.1) is 0 Å². The first kappa shape index (κ1) is 13.7. The number of rotatable bonds is 4. The zero-order chi connectivity index (χ0) is 13.5. The van der Waals surface area contributed by atoms with E-state index in [1.165, 1.54) is 0 Å². The Kier molecular flexibility index (Phi) is 5.09. The highest BCUT2D eigenvalue weighted by Gasteiger charge is 2.01. The highest BCUT2D eigenvalue weighted by Crippen LogP contribution is 2.08. The van der Waals surface area contributed by atoms with E-state index < -0.39 is 0 Å². The summed E-state index contributed by atoms with van der Waals surface area (Å²) in [5, 5.41) is 3.97. The Labute approximate surface area is 125 Å². The number of amides is 1. The van der Waals surface area contributed by atoms with Gasteiger partial charge in [0.05, 0.1) is 12.6 Å². The highest BCUT2D eigenvalue weighted by molar-refractivity contribution is 14.1. The van der Waals surface area contributed by atoms with Crippen LogP contribution in [-0.4, -0.2) is 12.1 Å². The van der Waals surface area contributed by atoms with E-state index >= 15 is 0 Å². The third kappa shape index (κ3) is 4.48. The van der Waals surface area contributed by atoms with Crippen LogP contribution in [0.1, 0.15) is 11.1 Å². The van der Waals surface area contributed by atoms with Gasteiger partial charge >= 0.3 is 0 Å². The third-order valence-corrected chi connectivity index (χ3v) is 3.49. The van der Waals surface area contributed by atoms with Crippen LogP contribution in [0.4, 0.5) is 0 Å². The first-order valence-corrected chi connectivity index (χ1v) is 6.94. The summed E-state index contributed by atoms with van der Waals surface area (Å²) in [5.74, 6) is -0.117. The van der Waals surface area contributed by atoms with Crippen LogP contribution in [0.15, 0.2) is 59.7 Å². The second kappa shape index (κ2) is 7.04. The summed E-state index contributed by atoms with van der Waals surface area (Å²) in [6.07, 6.45) is 1.99. The minimum absolute atomic E-state index is 0.117. The molecule has 2 aromatic carbocycles. The van der Waals surface area contributed by atoms with Crippen molar-refractivity contribution in [2.24, 2.45) is 5.10 Å². The monoisotopic (exact) mass is 364 g/mol. The molecule has 1 N–H and O–H groups in total. The molecule has 0 atom stereocenters. The predicted octanol–water partition coefficient (Wildman–Crippen LogP) is 2.98. The van der Waals surface area contributed by atoms with Crippen LogP contribution in [0.3, 0.4) is 0 Å². The molecule has 0 radical (unpaired) electrons. The van der Waals surface area contributed by atoms with Crippen LogP contribution in [0.25, 0.3) is 0 Å². The fraction of sp³-hybridized carbons (Fsp3) is 0.0667. The van der Waals surface area contributed by atoms with Crippen LogP contribution in [0.5, 0.6) is 0 Å². The largest absolute Gasteiger partial charge is 0.273 e. The van der Waals surface area contributed by atoms with E-state index in [2.05, 4.69) is 33.1 Å². The van der Waals surface area contributed by atoms with Crippen molar-refractivity contribution in [1.29, 1.82) is 0 Å². The van der Waals surface area contributed by atoms with Crippen molar-refractivity contribution in [3.05, 3.63) is 69.3 Å². The molecule has 0 aliphatic carbocycles. The van der Waals surface area contributed by atoms with Gasteiger partial charge < -0.3 is 0 Å². The molecule has 4 heteroatoms. The maximum atomic E-state index is 11.7. The maximum absolute atomic E-state index is 11.7. The Morgan fingerprint density at radius 3 is 2.53 bits per heavy atom. The summed E-state index contributed by atoms with van der Waals surface area (Å²) >= 11 is 2.23. The van der Waals surface area contributed by atoms with Crippen LogP contribution < -0.4 is 5.43 Å². The molecule has 3 nitrogen and oxygen atoms in total. The second-order valence-electron chi connectivity index (χ2n) is 3.98. The van der Waals surface area contributed by atoms with Crippen molar-refractivity contribution in [1.82, 2.24) is 5.43 Å². The van der Waals surface area contributed by atoms with Gasteiger partial charge in [-0.05, 0) is 34.2 Å². The molecule has 0 aromatic heterocycles. The Bertz CT molecular complexity index is 582. The molecule has 0 spiro atoms. The summed E-state index contributed by atoms with van der Waals surface area (Å²) in [6.45, 7) is 0. The zero-order valence-electron chi connectivity index (χ0n) is 10.2. The van der Waals surface area contributed by atoms with Crippen molar-refractivity contribution >= 4 is 34.7 Å². The molecule has 1 amide bonds. The van der Waals surface area contributed by atoms with Gasteiger partial charge in [-0.2, -0.15) is 5.10 Å². The summed E-state index contributed by atoms with van der Waals surface area (Å²) in [5.41, 5.74) is 4.50. The van der Waals surface area contributed by atoms with Gasteiger partial charge in [0, 0.05) is 9.13 Å². The Morgan fingerprint density at radius 2 is 1.79 bits per heavy atom. The van der Waals surface area contributed by atoms with E-state index in [0.717, 1.165) is 14.7 Å². The van der Waals surface area contributed by atoms with Gasteiger partial charge in [-0.3, -0.25) is 4.79 Å². The van der Waals surface area contributed by atoms with Gasteiger partial charge in [0.2, 0.25) is 5.91 Å². The van der Waals surface area contributed by atoms with Gasteiger partial charge in [0.15, 0.2) is 0 Å². The van der Waals surface area contributed by atoms with E-state index in [1.807, 2.05) is 54.6 Å². The van der Waals surface area contributed by atoms with Crippen molar-refractivity contribution in [2.45, 2.75) is 6.42 Å². The molecule has 0 saturated carbocycles. The molecule has 0 unspecified atom stereocenters. The topological polar surface area (TPSA) is 41.5 Å². The molecule has 0 aliphatic rings. The maximum Gasteiger partial charge on any atom is 0.244 e. The molecule has 0 fully saturated rings. The molecule has 96 valence electrons. The number of nitrogens with zero attached hydrogens (tertiary/aromatic N) is 1.